The van der Waals surface area contributed by atoms with Gasteiger partial charge in [0.05, 0.1) is 5.60 Å². The summed E-state index contributed by atoms with van der Waals surface area (Å²) in [5, 5.41) is 17.1. The number of anilines is 1. The molecule has 17 heavy (non-hydrogen) atoms. The molecule has 0 saturated heterocycles. The number of nitrogens with zero attached hydrogens (tertiary/aromatic N) is 2. The van der Waals surface area contributed by atoms with E-state index in [9.17, 15) is 5.11 Å². The van der Waals surface area contributed by atoms with Crippen LogP contribution in [0, 0.1) is 5.41 Å². The average Bonchev–Trinajstić information content (AvgIpc) is 2.25. The van der Waals surface area contributed by atoms with Crippen molar-refractivity contribution in [3.05, 3.63) is 23.9 Å². The van der Waals surface area contributed by atoms with Crippen LogP contribution < -0.4 is 10.6 Å². The summed E-state index contributed by atoms with van der Waals surface area (Å²) in [4.78, 5) is 6.23. The van der Waals surface area contributed by atoms with Crippen LogP contribution in [0.3, 0.4) is 0 Å². The molecule has 0 bridgehead atoms. The first-order valence-electron chi connectivity index (χ1n) is 5.61. The Kier molecular flexibility index (Phi) is 4.07. The molecule has 1 rings (SSSR count). The van der Waals surface area contributed by atoms with Gasteiger partial charge in [-0.1, -0.05) is 0 Å². The van der Waals surface area contributed by atoms with E-state index in [1.54, 1.807) is 26.1 Å². The Morgan fingerprint density at radius 2 is 2.18 bits per heavy atom. The molecule has 5 heteroatoms. The number of hydrogen-bond donors (Lipinski definition) is 3. The molecule has 1 aromatic rings. The van der Waals surface area contributed by atoms with Gasteiger partial charge in [0.1, 0.15) is 11.7 Å². The number of rotatable bonds is 5. The zero-order valence-electron chi connectivity index (χ0n) is 10.6. The van der Waals surface area contributed by atoms with Crippen LogP contribution in [-0.4, -0.2) is 34.6 Å². The predicted octanol–water partition coefficient (Wildman–Crippen LogP) is 0.963. The van der Waals surface area contributed by atoms with Gasteiger partial charge in [0.2, 0.25) is 0 Å². The number of nitrogens with one attached hydrogen (secondary N) is 1. The van der Waals surface area contributed by atoms with Gasteiger partial charge in [-0.25, -0.2) is 4.98 Å². The lowest BCUT2D eigenvalue weighted by atomic mass is 10.1. The van der Waals surface area contributed by atoms with Gasteiger partial charge >= 0.3 is 0 Å². The predicted molar refractivity (Wildman–Crippen MR) is 69.4 cm³/mol. The quantitative estimate of drug-likeness (QED) is 0.525. The maximum atomic E-state index is 9.80. The summed E-state index contributed by atoms with van der Waals surface area (Å²) >= 11 is 0. The van der Waals surface area contributed by atoms with Crippen LogP contribution in [0.15, 0.2) is 18.3 Å². The maximum Gasteiger partial charge on any atom is 0.128 e. The molecule has 94 valence electrons. The van der Waals surface area contributed by atoms with Gasteiger partial charge < -0.3 is 15.7 Å². The van der Waals surface area contributed by atoms with E-state index in [0.29, 0.717) is 12.1 Å². The smallest absolute Gasteiger partial charge is 0.128 e. The van der Waals surface area contributed by atoms with Crippen LogP contribution in [0.2, 0.25) is 0 Å². The van der Waals surface area contributed by atoms with Crippen LogP contribution >= 0.6 is 0 Å². The van der Waals surface area contributed by atoms with Gasteiger partial charge in [-0.3, -0.25) is 5.41 Å². The molecule has 0 atom stereocenters. The second kappa shape index (κ2) is 5.14. The fourth-order valence-electron chi connectivity index (χ4n) is 1.55. The maximum absolute atomic E-state index is 9.80. The van der Waals surface area contributed by atoms with Crippen molar-refractivity contribution in [1.29, 1.82) is 5.41 Å². The highest BCUT2D eigenvalue weighted by Crippen LogP contribution is 2.14. The third-order valence-electron chi connectivity index (χ3n) is 2.34. The fraction of sp³-hybridized carbons (Fsp3) is 0.500. The Labute approximate surface area is 102 Å². The molecule has 4 N–H and O–H groups in total. The summed E-state index contributed by atoms with van der Waals surface area (Å²) in [5.74, 6) is 0.786. The molecule has 0 aromatic carbocycles. The highest BCUT2D eigenvalue weighted by molar-refractivity contribution is 5.94. The van der Waals surface area contributed by atoms with Crippen LogP contribution in [0.5, 0.6) is 0 Å². The monoisotopic (exact) mass is 236 g/mol. The summed E-state index contributed by atoms with van der Waals surface area (Å²) in [6, 6.07) is 3.57. The Morgan fingerprint density at radius 1 is 1.53 bits per heavy atom. The van der Waals surface area contributed by atoms with Crippen molar-refractivity contribution < 1.29 is 5.11 Å². The molecule has 0 fully saturated rings. The number of nitrogens with two attached hydrogens (primary N) is 1. The standard InChI is InChI=1S/C12H20N4O/c1-4-16(8-12(2,3)17)10-6-5-9(7-15-10)11(13)14/h5-7,17H,4,8H2,1-3H3,(H3,13,14). The number of hydrogen-bond acceptors (Lipinski definition) is 4. The SMILES string of the molecule is CCN(CC(C)(C)O)c1ccc(C(=N)N)cn1. The number of aromatic nitrogens is 1. The zero-order chi connectivity index (χ0) is 13.1. The minimum Gasteiger partial charge on any atom is -0.389 e. The van der Waals surface area contributed by atoms with Crippen LogP contribution in [0.25, 0.3) is 0 Å². The summed E-state index contributed by atoms with van der Waals surface area (Å²) in [5.41, 5.74) is 5.20. The number of aliphatic hydroxyl groups is 1. The molecule has 1 heterocycles. The minimum absolute atomic E-state index is 0.00888. The molecular formula is C12H20N4O. The third kappa shape index (κ3) is 4.03. The largest absolute Gasteiger partial charge is 0.389 e. The second-order valence-corrected chi connectivity index (χ2v) is 4.65. The lowest BCUT2D eigenvalue weighted by Gasteiger charge is -2.29. The molecule has 0 unspecified atom stereocenters. The molecule has 0 aliphatic rings. The first-order valence-corrected chi connectivity index (χ1v) is 5.61. The Bertz CT molecular complexity index is 380. The van der Waals surface area contributed by atoms with Gasteiger partial charge in [0.25, 0.3) is 0 Å². The molecule has 0 aliphatic carbocycles. The van der Waals surface area contributed by atoms with Crippen LogP contribution in [0.4, 0.5) is 5.82 Å². The van der Waals surface area contributed by atoms with Gasteiger partial charge in [-0.15, -0.1) is 0 Å². The molecule has 0 radical (unpaired) electrons. The van der Waals surface area contributed by atoms with E-state index in [1.165, 1.54) is 0 Å². The van der Waals surface area contributed by atoms with Crippen molar-refractivity contribution in [2.24, 2.45) is 5.73 Å². The Morgan fingerprint density at radius 3 is 2.53 bits per heavy atom. The fourth-order valence-corrected chi connectivity index (χ4v) is 1.55. The van der Waals surface area contributed by atoms with Crippen molar-refractivity contribution in [1.82, 2.24) is 4.98 Å². The number of amidine groups is 1. The molecule has 0 aliphatic heterocycles. The van der Waals surface area contributed by atoms with E-state index in [4.69, 9.17) is 11.1 Å². The van der Waals surface area contributed by atoms with Crippen LogP contribution in [0.1, 0.15) is 26.3 Å². The first kappa shape index (κ1) is 13.4. The first-order chi connectivity index (χ1) is 7.83. The second-order valence-electron chi connectivity index (χ2n) is 4.65. The normalized spacial score (nSPS) is 11.3. The molecule has 0 spiro atoms. The Hall–Kier alpha value is -1.62. The average molecular weight is 236 g/mol. The van der Waals surface area contributed by atoms with E-state index >= 15 is 0 Å². The third-order valence-corrected chi connectivity index (χ3v) is 2.34. The summed E-state index contributed by atoms with van der Waals surface area (Å²) in [7, 11) is 0. The molecule has 0 saturated carbocycles. The number of likely N-dealkylation sites (N-methyl/N-ethyl adjacent to an activating group) is 1. The van der Waals surface area contributed by atoms with Gasteiger partial charge in [-0.05, 0) is 32.9 Å². The van der Waals surface area contributed by atoms with Crippen LogP contribution in [-0.2, 0) is 0 Å². The van der Waals surface area contributed by atoms with E-state index < -0.39 is 5.60 Å². The lowest BCUT2D eigenvalue weighted by molar-refractivity contribution is 0.0874. The van der Waals surface area contributed by atoms with Gasteiger partial charge in [0, 0.05) is 24.8 Å². The molecule has 5 nitrogen and oxygen atoms in total. The van der Waals surface area contributed by atoms with E-state index in [0.717, 1.165) is 12.4 Å². The molecular weight excluding hydrogens is 216 g/mol. The molecule has 0 amide bonds. The number of nitrogen functional groups attached to an aromatic ring is 1. The Balaban J connectivity index is 2.86. The van der Waals surface area contributed by atoms with E-state index in [-0.39, 0.29) is 5.84 Å². The van der Waals surface area contributed by atoms with Gasteiger partial charge in [-0.2, -0.15) is 0 Å². The minimum atomic E-state index is -0.767. The van der Waals surface area contributed by atoms with E-state index in [2.05, 4.69) is 4.98 Å². The van der Waals surface area contributed by atoms with E-state index in [1.807, 2.05) is 17.9 Å². The van der Waals surface area contributed by atoms with Crippen molar-refractivity contribution in [3.63, 3.8) is 0 Å². The van der Waals surface area contributed by atoms with Crippen molar-refractivity contribution in [2.45, 2.75) is 26.4 Å². The van der Waals surface area contributed by atoms with Crippen molar-refractivity contribution >= 4 is 11.7 Å². The summed E-state index contributed by atoms with van der Waals surface area (Å²) in [6.07, 6.45) is 1.57. The van der Waals surface area contributed by atoms with Gasteiger partial charge in [0.15, 0.2) is 0 Å². The summed E-state index contributed by atoms with van der Waals surface area (Å²) in [6.45, 7) is 6.80. The highest BCUT2D eigenvalue weighted by Gasteiger charge is 2.18. The summed E-state index contributed by atoms with van der Waals surface area (Å²) < 4.78 is 0. The zero-order valence-corrected chi connectivity index (χ0v) is 10.6. The topological polar surface area (TPSA) is 86.2 Å². The lowest BCUT2D eigenvalue weighted by Crippen LogP contribution is -2.39. The van der Waals surface area contributed by atoms with Crippen molar-refractivity contribution in [3.8, 4) is 0 Å². The highest BCUT2D eigenvalue weighted by atomic mass is 16.3. The molecule has 1 aromatic heterocycles. The van der Waals surface area contributed by atoms with Crippen molar-refractivity contribution in [2.75, 3.05) is 18.0 Å². The number of pyridine rings is 1.